The van der Waals surface area contributed by atoms with Crippen LogP contribution in [0.2, 0.25) is 0 Å². The summed E-state index contributed by atoms with van der Waals surface area (Å²) in [6.07, 6.45) is 0.433. The molecule has 0 saturated heterocycles. The summed E-state index contributed by atoms with van der Waals surface area (Å²) in [4.78, 5) is 0. The number of oxime groups is 1. The fraction of sp³-hybridized carbons (Fsp3) is 0.222. The van der Waals surface area contributed by atoms with Crippen LogP contribution in [0.15, 0.2) is 29.4 Å². The Hall–Kier alpha value is -1.22. The third-order valence-electron chi connectivity index (χ3n) is 1.62. The summed E-state index contributed by atoms with van der Waals surface area (Å²) in [5.41, 5.74) is 0.976. The highest BCUT2D eigenvalue weighted by Gasteiger charge is 1.98. The minimum atomic E-state index is 0.171. The number of hydrogen-bond donors (Lipinski definition) is 1. The van der Waals surface area contributed by atoms with Crippen LogP contribution in [-0.2, 0) is 6.42 Å². The van der Waals surface area contributed by atoms with Crippen molar-refractivity contribution in [3.63, 3.8) is 0 Å². The first-order valence-electron chi connectivity index (χ1n) is 3.75. The Kier molecular flexibility index (Phi) is 3.58. The molecule has 0 radical (unpaired) electrons. The van der Waals surface area contributed by atoms with E-state index in [0.29, 0.717) is 6.42 Å². The summed E-state index contributed by atoms with van der Waals surface area (Å²) in [5, 5.41) is 11.4. The average molecular weight is 200 g/mol. The molecule has 0 saturated carbocycles. The predicted octanol–water partition coefficient (Wildman–Crippen LogP) is 2.26. The van der Waals surface area contributed by atoms with Crippen molar-refractivity contribution >= 4 is 16.8 Å². The molecule has 0 heterocycles. The van der Waals surface area contributed by atoms with E-state index in [4.69, 9.17) is 21.5 Å². The average Bonchev–Trinajstić information content (AvgIpc) is 2.19. The van der Waals surface area contributed by atoms with Crippen molar-refractivity contribution in [1.29, 1.82) is 0 Å². The molecule has 3 nitrogen and oxygen atoms in total. The van der Waals surface area contributed by atoms with Gasteiger partial charge in [-0.1, -0.05) is 28.9 Å². The largest absolute Gasteiger partial charge is 0.497 e. The van der Waals surface area contributed by atoms with E-state index < -0.39 is 0 Å². The van der Waals surface area contributed by atoms with Gasteiger partial charge in [-0.25, -0.2) is 0 Å². The molecule has 0 aliphatic carbocycles. The first-order valence-corrected chi connectivity index (χ1v) is 4.13. The van der Waals surface area contributed by atoms with Gasteiger partial charge < -0.3 is 9.94 Å². The summed E-state index contributed by atoms with van der Waals surface area (Å²) in [7, 11) is 1.61. The van der Waals surface area contributed by atoms with Crippen LogP contribution in [0, 0.1) is 0 Å². The highest BCUT2D eigenvalue weighted by molar-refractivity contribution is 6.65. The van der Waals surface area contributed by atoms with E-state index in [0.717, 1.165) is 11.3 Å². The number of benzene rings is 1. The van der Waals surface area contributed by atoms with Crippen molar-refractivity contribution in [2.75, 3.05) is 7.11 Å². The lowest BCUT2D eigenvalue weighted by Crippen LogP contribution is -1.94. The lowest BCUT2D eigenvalue weighted by atomic mass is 10.1. The van der Waals surface area contributed by atoms with Gasteiger partial charge >= 0.3 is 0 Å². The summed E-state index contributed by atoms with van der Waals surface area (Å²) >= 11 is 5.54. The lowest BCUT2D eigenvalue weighted by molar-refractivity contribution is 0.319. The van der Waals surface area contributed by atoms with E-state index in [-0.39, 0.29) is 5.17 Å². The van der Waals surface area contributed by atoms with Crippen LogP contribution in [0.3, 0.4) is 0 Å². The Morgan fingerprint density at radius 2 is 2.08 bits per heavy atom. The second-order valence-corrected chi connectivity index (χ2v) is 2.94. The third-order valence-corrected chi connectivity index (χ3v) is 1.83. The molecule has 0 atom stereocenters. The summed E-state index contributed by atoms with van der Waals surface area (Å²) in [6.45, 7) is 0. The minimum absolute atomic E-state index is 0.171. The summed E-state index contributed by atoms with van der Waals surface area (Å²) in [5.74, 6) is 0.792. The molecule has 0 aliphatic rings. The first-order chi connectivity index (χ1) is 6.26. The van der Waals surface area contributed by atoms with Crippen LogP contribution in [-0.4, -0.2) is 17.5 Å². The molecule has 0 aliphatic heterocycles. The first kappa shape index (κ1) is 9.86. The highest BCUT2D eigenvalue weighted by atomic mass is 35.5. The maximum absolute atomic E-state index is 8.33. The van der Waals surface area contributed by atoms with Crippen molar-refractivity contribution in [2.45, 2.75) is 6.42 Å². The molecule has 0 fully saturated rings. The smallest absolute Gasteiger partial charge is 0.149 e. The SMILES string of the molecule is COc1ccc(CC(Cl)=NO)cc1. The monoisotopic (exact) mass is 199 g/mol. The Balaban J connectivity index is 2.69. The number of ether oxygens (including phenoxy) is 1. The maximum atomic E-state index is 8.33. The molecule has 0 unspecified atom stereocenters. The second-order valence-electron chi connectivity index (χ2n) is 2.50. The molecule has 0 spiro atoms. The number of nitrogens with zero attached hydrogens (tertiary/aromatic N) is 1. The summed E-state index contributed by atoms with van der Waals surface area (Å²) < 4.78 is 4.99. The lowest BCUT2D eigenvalue weighted by Gasteiger charge is -2.01. The zero-order valence-corrected chi connectivity index (χ0v) is 7.95. The molecule has 1 N–H and O–H groups in total. The zero-order chi connectivity index (χ0) is 9.68. The Bertz CT molecular complexity index is 295. The van der Waals surface area contributed by atoms with Crippen LogP contribution in [0.1, 0.15) is 5.56 Å². The van der Waals surface area contributed by atoms with E-state index in [2.05, 4.69) is 5.16 Å². The van der Waals surface area contributed by atoms with E-state index in [1.807, 2.05) is 24.3 Å². The van der Waals surface area contributed by atoms with Gasteiger partial charge in [0.2, 0.25) is 0 Å². The molecule has 1 aromatic rings. The van der Waals surface area contributed by atoms with Gasteiger partial charge in [-0.05, 0) is 17.7 Å². The second kappa shape index (κ2) is 4.72. The van der Waals surface area contributed by atoms with E-state index in [1.54, 1.807) is 7.11 Å². The molecule has 1 aromatic carbocycles. The third kappa shape index (κ3) is 2.95. The van der Waals surface area contributed by atoms with Gasteiger partial charge in [0.15, 0.2) is 0 Å². The quantitative estimate of drug-likeness (QED) is 0.461. The van der Waals surface area contributed by atoms with Crippen molar-refractivity contribution < 1.29 is 9.94 Å². The van der Waals surface area contributed by atoms with Gasteiger partial charge in [0, 0.05) is 6.42 Å². The van der Waals surface area contributed by atoms with Crippen molar-refractivity contribution in [3.05, 3.63) is 29.8 Å². The normalized spacial score (nSPS) is 11.4. The zero-order valence-electron chi connectivity index (χ0n) is 7.20. The standard InChI is InChI=1S/C9H10ClNO2/c1-13-8-4-2-7(3-5-8)6-9(10)11-12/h2-5,12H,6H2,1H3. The van der Waals surface area contributed by atoms with Gasteiger partial charge in [0.1, 0.15) is 10.9 Å². The molecule has 0 amide bonds. The van der Waals surface area contributed by atoms with Gasteiger partial charge in [-0.3, -0.25) is 0 Å². The van der Waals surface area contributed by atoms with Gasteiger partial charge in [0.05, 0.1) is 7.11 Å². The highest BCUT2D eigenvalue weighted by Crippen LogP contribution is 2.12. The van der Waals surface area contributed by atoms with E-state index in [1.165, 1.54) is 0 Å². The Morgan fingerprint density at radius 1 is 1.46 bits per heavy atom. The van der Waals surface area contributed by atoms with Gasteiger partial charge in [-0.15, -0.1) is 0 Å². The van der Waals surface area contributed by atoms with E-state index >= 15 is 0 Å². The van der Waals surface area contributed by atoms with Crippen LogP contribution in [0.5, 0.6) is 5.75 Å². The number of rotatable bonds is 3. The predicted molar refractivity (Wildman–Crippen MR) is 51.8 cm³/mol. The van der Waals surface area contributed by atoms with Crippen molar-refractivity contribution in [1.82, 2.24) is 0 Å². The van der Waals surface area contributed by atoms with Gasteiger partial charge in [-0.2, -0.15) is 0 Å². The van der Waals surface area contributed by atoms with Gasteiger partial charge in [0.25, 0.3) is 0 Å². The van der Waals surface area contributed by atoms with Crippen LogP contribution in [0.25, 0.3) is 0 Å². The molecule has 1 rings (SSSR count). The number of hydrogen-bond acceptors (Lipinski definition) is 3. The molecular formula is C9H10ClNO2. The van der Waals surface area contributed by atoms with Crippen molar-refractivity contribution in [2.24, 2.45) is 5.16 Å². The molecular weight excluding hydrogens is 190 g/mol. The molecule has 0 aromatic heterocycles. The van der Waals surface area contributed by atoms with Crippen molar-refractivity contribution in [3.8, 4) is 5.75 Å². The fourth-order valence-electron chi connectivity index (χ4n) is 0.947. The maximum Gasteiger partial charge on any atom is 0.149 e. The molecule has 0 bridgehead atoms. The van der Waals surface area contributed by atoms with E-state index in [9.17, 15) is 0 Å². The molecule has 70 valence electrons. The van der Waals surface area contributed by atoms with Crippen LogP contribution in [0.4, 0.5) is 0 Å². The topological polar surface area (TPSA) is 41.8 Å². The Labute approximate surface area is 81.6 Å². The fourth-order valence-corrected chi connectivity index (χ4v) is 1.10. The number of halogens is 1. The summed E-state index contributed by atoms with van der Waals surface area (Å²) in [6, 6.07) is 7.40. The minimum Gasteiger partial charge on any atom is -0.497 e. The Morgan fingerprint density at radius 3 is 2.54 bits per heavy atom. The van der Waals surface area contributed by atoms with Crippen LogP contribution >= 0.6 is 11.6 Å². The number of methoxy groups -OCH3 is 1. The molecule has 13 heavy (non-hydrogen) atoms. The van der Waals surface area contributed by atoms with Crippen LogP contribution < -0.4 is 4.74 Å². The molecule has 4 heteroatoms.